The molecule has 1 atom stereocenters. The van der Waals surface area contributed by atoms with Crippen LogP contribution in [0.25, 0.3) is 11.6 Å². The number of carbonyl (C=O) groups is 1. The van der Waals surface area contributed by atoms with Crippen molar-refractivity contribution in [1.82, 2.24) is 25.0 Å². The fourth-order valence-electron chi connectivity index (χ4n) is 2.73. The quantitative estimate of drug-likeness (QED) is 0.601. The van der Waals surface area contributed by atoms with Crippen LogP contribution in [0.2, 0.25) is 0 Å². The van der Waals surface area contributed by atoms with E-state index in [2.05, 4.69) is 32.5 Å². The molecular formula is C19H23N5O2S. The summed E-state index contributed by atoms with van der Waals surface area (Å²) in [6.45, 7) is 0.548. The van der Waals surface area contributed by atoms with Crippen LogP contribution in [-0.2, 0) is 11.8 Å². The van der Waals surface area contributed by atoms with Crippen molar-refractivity contribution in [3.05, 3.63) is 54.3 Å². The van der Waals surface area contributed by atoms with Crippen LogP contribution in [0.4, 0.5) is 0 Å². The molecule has 0 radical (unpaired) electrons. The van der Waals surface area contributed by atoms with Crippen LogP contribution in [-0.4, -0.2) is 52.0 Å². The highest BCUT2D eigenvalue weighted by atomic mass is 32.2. The molecule has 2 aromatic heterocycles. The molecule has 1 N–H and O–H groups in total. The molecule has 8 heteroatoms. The lowest BCUT2D eigenvalue weighted by atomic mass is 10.1. The number of hydrogen-bond donors (Lipinski definition) is 1. The van der Waals surface area contributed by atoms with E-state index < -0.39 is 0 Å². The predicted molar refractivity (Wildman–Crippen MR) is 105 cm³/mol. The van der Waals surface area contributed by atoms with Gasteiger partial charge in [0.05, 0.1) is 18.1 Å². The van der Waals surface area contributed by atoms with Crippen LogP contribution in [0.3, 0.4) is 0 Å². The molecule has 1 aromatic carbocycles. The van der Waals surface area contributed by atoms with Gasteiger partial charge in [0, 0.05) is 13.6 Å². The van der Waals surface area contributed by atoms with Gasteiger partial charge < -0.3 is 19.2 Å². The molecule has 3 rings (SSSR count). The fraction of sp³-hybridized carbons (Fsp3) is 0.316. The highest BCUT2D eigenvalue weighted by Gasteiger charge is 2.17. The van der Waals surface area contributed by atoms with Gasteiger partial charge in [-0.05, 0) is 31.8 Å². The molecule has 7 nitrogen and oxygen atoms in total. The topological polar surface area (TPSA) is 76.2 Å². The number of thioether (sulfide) groups is 1. The first-order chi connectivity index (χ1) is 13.1. The maximum Gasteiger partial charge on any atom is 0.230 e. The van der Waals surface area contributed by atoms with Crippen LogP contribution in [0.1, 0.15) is 11.6 Å². The SMILES string of the molecule is CN(C)[C@H](CNC(=O)CSc1nnc(-c2ccco2)n1C)c1ccccc1. The van der Waals surface area contributed by atoms with Crippen LogP contribution < -0.4 is 5.32 Å². The Labute approximate surface area is 162 Å². The van der Waals surface area contributed by atoms with Crippen molar-refractivity contribution in [3.8, 4) is 11.6 Å². The van der Waals surface area contributed by atoms with E-state index in [-0.39, 0.29) is 17.7 Å². The zero-order valence-electron chi connectivity index (χ0n) is 15.6. The van der Waals surface area contributed by atoms with Gasteiger partial charge in [-0.2, -0.15) is 0 Å². The molecule has 0 unspecified atom stereocenters. The van der Waals surface area contributed by atoms with Crippen molar-refractivity contribution in [3.63, 3.8) is 0 Å². The van der Waals surface area contributed by atoms with E-state index in [4.69, 9.17) is 4.42 Å². The third-order valence-corrected chi connectivity index (χ3v) is 5.23. The molecule has 0 fully saturated rings. The minimum Gasteiger partial charge on any atom is -0.461 e. The Morgan fingerprint density at radius 3 is 2.67 bits per heavy atom. The number of likely N-dealkylation sites (N-methyl/N-ethyl adjacent to an activating group) is 1. The number of nitrogens with zero attached hydrogens (tertiary/aromatic N) is 4. The Hall–Kier alpha value is -2.58. The van der Waals surface area contributed by atoms with E-state index in [1.165, 1.54) is 17.3 Å². The number of hydrogen-bond acceptors (Lipinski definition) is 6. The largest absolute Gasteiger partial charge is 0.461 e. The maximum atomic E-state index is 12.3. The normalized spacial score (nSPS) is 12.3. The number of rotatable bonds is 8. The van der Waals surface area contributed by atoms with E-state index in [0.717, 1.165) is 0 Å². The Bertz CT molecular complexity index is 862. The van der Waals surface area contributed by atoms with Crippen molar-refractivity contribution in [2.45, 2.75) is 11.2 Å². The van der Waals surface area contributed by atoms with Crippen molar-refractivity contribution in [1.29, 1.82) is 0 Å². The summed E-state index contributed by atoms with van der Waals surface area (Å²) in [7, 11) is 5.87. The Balaban J connectivity index is 1.54. The second kappa shape index (κ2) is 8.88. The van der Waals surface area contributed by atoms with Gasteiger partial charge in [-0.15, -0.1) is 10.2 Å². The van der Waals surface area contributed by atoms with E-state index in [9.17, 15) is 4.79 Å². The molecule has 0 saturated heterocycles. The van der Waals surface area contributed by atoms with Crippen molar-refractivity contribution in [2.75, 3.05) is 26.4 Å². The summed E-state index contributed by atoms with van der Waals surface area (Å²) in [6, 6.07) is 13.9. The zero-order chi connectivity index (χ0) is 19.2. The second-order valence-electron chi connectivity index (χ2n) is 6.33. The maximum absolute atomic E-state index is 12.3. The summed E-state index contributed by atoms with van der Waals surface area (Å²) in [5, 5.41) is 12.0. The number of amides is 1. The molecule has 2 heterocycles. The average Bonchev–Trinajstić information content (AvgIpc) is 3.30. The third-order valence-electron chi connectivity index (χ3n) is 4.21. The molecule has 0 bridgehead atoms. The summed E-state index contributed by atoms with van der Waals surface area (Å²) in [5.41, 5.74) is 1.17. The molecule has 0 aliphatic carbocycles. The van der Waals surface area contributed by atoms with E-state index in [1.54, 1.807) is 12.3 Å². The molecule has 27 heavy (non-hydrogen) atoms. The van der Waals surface area contributed by atoms with Gasteiger partial charge in [0.2, 0.25) is 5.91 Å². The lowest BCUT2D eigenvalue weighted by molar-refractivity contribution is -0.118. The first-order valence-corrected chi connectivity index (χ1v) is 9.59. The standard InChI is InChI=1S/C19H23N5O2S/c1-23(2)15(14-8-5-4-6-9-14)12-20-17(25)13-27-19-22-21-18(24(19)3)16-10-7-11-26-16/h4-11,15H,12-13H2,1-3H3,(H,20,25)/t15-/m1/s1. The average molecular weight is 385 g/mol. The molecular weight excluding hydrogens is 362 g/mol. The van der Waals surface area contributed by atoms with Gasteiger partial charge in [-0.25, -0.2) is 0 Å². The molecule has 142 valence electrons. The second-order valence-corrected chi connectivity index (χ2v) is 7.27. The molecule has 3 aromatic rings. The number of nitrogens with one attached hydrogen (secondary N) is 1. The van der Waals surface area contributed by atoms with Crippen LogP contribution >= 0.6 is 11.8 Å². The van der Waals surface area contributed by atoms with Gasteiger partial charge in [0.1, 0.15) is 0 Å². The first-order valence-electron chi connectivity index (χ1n) is 8.60. The van der Waals surface area contributed by atoms with Crippen LogP contribution in [0, 0.1) is 0 Å². The van der Waals surface area contributed by atoms with Crippen LogP contribution in [0.5, 0.6) is 0 Å². The molecule has 0 aliphatic rings. The van der Waals surface area contributed by atoms with E-state index in [0.29, 0.717) is 23.3 Å². The highest BCUT2D eigenvalue weighted by Crippen LogP contribution is 2.23. The zero-order valence-corrected chi connectivity index (χ0v) is 16.4. The monoisotopic (exact) mass is 385 g/mol. The minimum atomic E-state index is -0.0367. The summed E-state index contributed by atoms with van der Waals surface area (Å²) in [6.07, 6.45) is 1.60. The summed E-state index contributed by atoms with van der Waals surface area (Å²) < 4.78 is 7.17. The van der Waals surface area contributed by atoms with Crippen molar-refractivity contribution >= 4 is 17.7 Å². The van der Waals surface area contributed by atoms with Crippen LogP contribution in [0.15, 0.2) is 58.3 Å². The van der Waals surface area contributed by atoms with E-state index >= 15 is 0 Å². The third kappa shape index (κ3) is 4.78. The number of furan rings is 1. The predicted octanol–water partition coefficient (Wildman–Crippen LogP) is 2.59. The summed E-state index contributed by atoms with van der Waals surface area (Å²) in [4.78, 5) is 14.4. The lowest BCUT2D eigenvalue weighted by Crippen LogP contribution is -2.35. The first kappa shape index (κ1) is 19.2. The molecule has 1 amide bonds. The van der Waals surface area contributed by atoms with Gasteiger partial charge in [0.15, 0.2) is 16.7 Å². The summed E-state index contributed by atoms with van der Waals surface area (Å²) in [5.74, 6) is 1.53. The van der Waals surface area contributed by atoms with Crippen molar-refractivity contribution in [2.24, 2.45) is 7.05 Å². The van der Waals surface area contributed by atoms with E-state index in [1.807, 2.05) is 50.0 Å². The fourth-order valence-corrected chi connectivity index (χ4v) is 3.47. The number of carbonyl (C=O) groups excluding carboxylic acids is 1. The van der Waals surface area contributed by atoms with Gasteiger partial charge >= 0.3 is 0 Å². The van der Waals surface area contributed by atoms with Gasteiger partial charge in [-0.3, -0.25) is 4.79 Å². The molecule has 0 spiro atoms. The minimum absolute atomic E-state index is 0.0367. The Kier molecular flexibility index (Phi) is 6.31. The van der Waals surface area contributed by atoms with Gasteiger partial charge in [0.25, 0.3) is 0 Å². The molecule has 0 saturated carbocycles. The number of benzene rings is 1. The van der Waals surface area contributed by atoms with Gasteiger partial charge in [-0.1, -0.05) is 42.1 Å². The Morgan fingerprint density at radius 2 is 2.00 bits per heavy atom. The Morgan fingerprint density at radius 1 is 1.22 bits per heavy atom. The smallest absolute Gasteiger partial charge is 0.230 e. The number of aromatic nitrogens is 3. The van der Waals surface area contributed by atoms with Crippen molar-refractivity contribution < 1.29 is 9.21 Å². The summed E-state index contributed by atoms with van der Waals surface area (Å²) >= 11 is 1.35. The highest BCUT2D eigenvalue weighted by molar-refractivity contribution is 7.99. The molecule has 0 aliphatic heterocycles. The lowest BCUT2D eigenvalue weighted by Gasteiger charge is -2.25.